The first kappa shape index (κ1) is 11.9. The fraction of sp³-hybridized carbons (Fsp3) is 0.286. The molecule has 0 spiro atoms. The minimum Gasteiger partial charge on any atom is -0.239 e. The Balaban J connectivity index is 2.04. The molecule has 18 heavy (non-hydrogen) atoms. The molecule has 2 nitrogen and oxygen atoms in total. The zero-order valence-corrected chi connectivity index (χ0v) is 12.3. The standard InChI is InChI=1S/C14H11BrN2S/c1-9-2-3-10(15)6-11(9)12-7-18-13(17-12)14(8-16)4-5-14/h2-3,6-7H,4-5H2,1H3. The molecule has 0 amide bonds. The van der Waals surface area contributed by atoms with Gasteiger partial charge in [0.05, 0.1) is 11.8 Å². The van der Waals surface area contributed by atoms with Crippen LogP contribution in [-0.4, -0.2) is 4.98 Å². The smallest absolute Gasteiger partial charge is 0.114 e. The highest BCUT2D eigenvalue weighted by atomic mass is 79.9. The number of hydrogen-bond donors (Lipinski definition) is 0. The molecule has 4 heteroatoms. The number of nitriles is 1. The van der Waals surface area contributed by atoms with E-state index >= 15 is 0 Å². The van der Waals surface area contributed by atoms with E-state index < -0.39 is 0 Å². The molecule has 0 atom stereocenters. The number of aromatic nitrogens is 1. The fourth-order valence-corrected chi connectivity index (χ4v) is 3.38. The number of halogens is 1. The second-order valence-corrected chi connectivity index (χ2v) is 6.46. The van der Waals surface area contributed by atoms with E-state index in [2.05, 4.69) is 51.4 Å². The molecule has 1 aromatic heterocycles. The van der Waals surface area contributed by atoms with Crippen LogP contribution < -0.4 is 0 Å². The maximum absolute atomic E-state index is 9.20. The first-order valence-electron chi connectivity index (χ1n) is 5.78. The summed E-state index contributed by atoms with van der Waals surface area (Å²) in [7, 11) is 0. The third-order valence-corrected chi connectivity index (χ3v) is 4.89. The van der Waals surface area contributed by atoms with E-state index in [9.17, 15) is 5.26 Å². The molecule has 1 aliphatic carbocycles. The zero-order chi connectivity index (χ0) is 12.8. The monoisotopic (exact) mass is 318 g/mol. The van der Waals surface area contributed by atoms with Gasteiger partial charge in [-0.05, 0) is 37.5 Å². The summed E-state index contributed by atoms with van der Waals surface area (Å²) < 4.78 is 1.05. The lowest BCUT2D eigenvalue weighted by molar-refractivity contribution is 0.891. The molecule has 0 unspecified atom stereocenters. The Kier molecular flexibility index (Phi) is 2.76. The van der Waals surface area contributed by atoms with Crippen molar-refractivity contribution in [2.75, 3.05) is 0 Å². The van der Waals surface area contributed by atoms with Crippen molar-refractivity contribution in [2.45, 2.75) is 25.2 Å². The fourth-order valence-electron chi connectivity index (χ4n) is 1.99. The molecule has 1 saturated carbocycles. The van der Waals surface area contributed by atoms with Gasteiger partial charge in [0.2, 0.25) is 0 Å². The van der Waals surface area contributed by atoms with Crippen LogP contribution in [0.3, 0.4) is 0 Å². The van der Waals surface area contributed by atoms with E-state index in [0.717, 1.165) is 33.6 Å². The molecule has 1 aliphatic rings. The molecular weight excluding hydrogens is 308 g/mol. The van der Waals surface area contributed by atoms with E-state index in [-0.39, 0.29) is 5.41 Å². The summed E-state index contributed by atoms with van der Waals surface area (Å²) in [6.07, 6.45) is 1.90. The lowest BCUT2D eigenvalue weighted by Crippen LogP contribution is -2.01. The number of nitrogens with zero attached hydrogens (tertiary/aromatic N) is 2. The van der Waals surface area contributed by atoms with Crippen molar-refractivity contribution in [3.05, 3.63) is 38.6 Å². The molecule has 2 aromatic rings. The highest BCUT2D eigenvalue weighted by molar-refractivity contribution is 9.10. The van der Waals surface area contributed by atoms with Crippen LogP contribution in [0, 0.1) is 18.3 Å². The second kappa shape index (κ2) is 4.18. The molecular formula is C14H11BrN2S. The molecule has 3 rings (SSSR count). The van der Waals surface area contributed by atoms with Gasteiger partial charge in [-0.15, -0.1) is 11.3 Å². The van der Waals surface area contributed by atoms with Crippen molar-refractivity contribution in [1.82, 2.24) is 4.98 Å². The molecule has 1 fully saturated rings. The quantitative estimate of drug-likeness (QED) is 0.821. The van der Waals surface area contributed by atoms with Crippen LogP contribution in [0.15, 0.2) is 28.1 Å². The first-order valence-corrected chi connectivity index (χ1v) is 7.46. The molecule has 0 saturated heterocycles. The van der Waals surface area contributed by atoms with E-state index in [4.69, 9.17) is 0 Å². The average molecular weight is 319 g/mol. The minimum absolute atomic E-state index is 0.275. The zero-order valence-electron chi connectivity index (χ0n) is 9.90. The Morgan fingerprint density at radius 3 is 2.89 bits per heavy atom. The summed E-state index contributed by atoms with van der Waals surface area (Å²) >= 11 is 5.09. The molecule has 90 valence electrons. The summed E-state index contributed by atoms with van der Waals surface area (Å²) in [6, 6.07) is 8.59. The van der Waals surface area contributed by atoms with Gasteiger partial charge >= 0.3 is 0 Å². The SMILES string of the molecule is Cc1ccc(Br)cc1-c1csc(C2(C#N)CC2)n1. The maximum atomic E-state index is 9.20. The Bertz CT molecular complexity index is 650. The summed E-state index contributed by atoms with van der Waals surface area (Å²) in [5.41, 5.74) is 3.05. The van der Waals surface area contributed by atoms with Gasteiger partial charge in [-0.3, -0.25) is 0 Å². The molecule has 0 radical (unpaired) electrons. The minimum atomic E-state index is -0.275. The Morgan fingerprint density at radius 1 is 1.44 bits per heavy atom. The van der Waals surface area contributed by atoms with Gasteiger partial charge in [-0.1, -0.05) is 22.0 Å². The predicted molar refractivity (Wildman–Crippen MR) is 76.5 cm³/mol. The van der Waals surface area contributed by atoms with Crippen molar-refractivity contribution < 1.29 is 0 Å². The third kappa shape index (κ3) is 1.88. The number of hydrogen-bond acceptors (Lipinski definition) is 3. The largest absolute Gasteiger partial charge is 0.239 e. The number of benzene rings is 1. The highest BCUT2D eigenvalue weighted by Gasteiger charge is 2.47. The van der Waals surface area contributed by atoms with Crippen LogP contribution in [0.1, 0.15) is 23.4 Å². The van der Waals surface area contributed by atoms with E-state index in [1.807, 2.05) is 6.07 Å². The van der Waals surface area contributed by atoms with Crippen LogP contribution in [-0.2, 0) is 5.41 Å². The Hall–Kier alpha value is -1.18. The van der Waals surface area contributed by atoms with Crippen LogP contribution >= 0.6 is 27.3 Å². The van der Waals surface area contributed by atoms with Crippen LogP contribution in [0.4, 0.5) is 0 Å². The molecule has 0 bridgehead atoms. The lowest BCUT2D eigenvalue weighted by atomic mass is 10.1. The maximum Gasteiger partial charge on any atom is 0.114 e. The molecule has 0 aliphatic heterocycles. The van der Waals surface area contributed by atoms with Crippen molar-refractivity contribution >= 4 is 27.3 Å². The average Bonchev–Trinajstić information content (AvgIpc) is 3.02. The van der Waals surface area contributed by atoms with Gasteiger partial charge in [0.15, 0.2) is 0 Å². The molecule has 1 aromatic carbocycles. The van der Waals surface area contributed by atoms with Gasteiger partial charge < -0.3 is 0 Å². The summed E-state index contributed by atoms with van der Waals surface area (Å²) in [5.74, 6) is 0. The summed E-state index contributed by atoms with van der Waals surface area (Å²) in [6.45, 7) is 2.08. The number of aryl methyl sites for hydroxylation is 1. The third-order valence-electron chi connectivity index (χ3n) is 3.35. The molecule has 0 N–H and O–H groups in total. The first-order chi connectivity index (χ1) is 8.64. The van der Waals surface area contributed by atoms with Crippen LogP contribution in [0.2, 0.25) is 0 Å². The van der Waals surface area contributed by atoms with Gasteiger partial charge in [0.25, 0.3) is 0 Å². The van der Waals surface area contributed by atoms with Crippen molar-refractivity contribution in [1.29, 1.82) is 5.26 Å². The van der Waals surface area contributed by atoms with E-state index in [1.54, 1.807) is 11.3 Å². The van der Waals surface area contributed by atoms with Gasteiger partial charge in [0.1, 0.15) is 10.4 Å². The number of thiazole rings is 1. The van der Waals surface area contributed by atoms with Gasteiger partial charge in [0, 0.05) is 15.4 Å². The molecule has 1 heterocycles. The Labute approximate surface area is 118 Å². The van der Waals surface area contributed by atoms with Gasteiger partial charge in [-0.25, -0.2) is 4.98 Å². The number of rotatable bonds is 2. The van der Waals surface area contributed by atoms with Crippen LogP contribution in [0.25, 0.3) is 11.3 Å². The normalized spacial score (nSPS) is 16.3. The lowest BCUT2D eigenvalue weighted by Gasteiger charge is -2.03. The van der Waals surface area contributed by atoms with E-state index in [1.165, 1.54) is 5.56 Å². The predicted octanol–water partition coefficient (Wildman–Crippen LogP) is 4.44. The summed E-state index contributed by atoms with van der Waals surface area (Å²) in [5, 5.41) is 12.2. The summed E-state index contributed by atoms with van der Waals surface area (Å²) in [4.78, 5) is 4.66. The second-order valence-electron chi connectivity index (χ2n) is 4.69. The van der Waals surface area contributed by atoms with Crippen LogP contribution in [0.5, 0.6) is 0 Å². The Morgan fingerprint density at radius 2 is 2.22 bits per heavy atom. The van der Waals surface area contributed by atoms with Gasteiger partial charge in [-0.2, -0.15) is 5.26 Å². The van der Waals surface area contributed by atoms with Crippen molar-refractivity contribution in [2.24, 2.45) is 0 Å². The van der Waals surface area contributed by atoms with Crippen molar-refractivity contribution in [3.8, 4) is 17.3 Å². The van der Waals surface area contributed by atoms with E-state index in [0.29, 0.717) is 0 Å². The van der Waals surface area contributed by atoms with Crippen molar-refractivity contribution in [3.63, 3.8) is 0 Å². The highest BCUT2D eigenvalue weighted by Crippen LogP contribution is 2.49. The topological polar surface area (TPSA) is 36.7 Å².